The van der Waals surface area contributed by atoms with Crippen molar-refractivity contribution >= 4 is 22.9 Å². The van der Waals surface area contributed by atoms with Crippen LogP contribution in [-0.4, -0.2) is 36.1 Å². The Balaban J connectivity index is 1.26. The number of aldehydes is 1. The van der Waals surface area contributed by atoms with E-state index in [1.54, 1.807) is 6.29 Å². The van der Waals surface area contributed by atoms with Crippen LogP contribution in [0.4, 0.5) is 0 Å². The molecule has 10 aliphatic heterocycles. The first-order valence-corrected chi connectivity index (χ1v) is 23.2. The molecule has 0 radical (unpaired) electrons. The van der Waals surface area contributed by atoms with Gasteiger partial charge in [0.25, 0.3) is 0 Å². The molecule has 10 fully saturated rings. The van der Waals surface area contributed by atoms with Gasteiger partial charge in [0, 0.05) is 0 Å². The Labute approximate surface area is 142 Å². The van der Waals surface area contributed by atoms with Crippen LogP contribution in [0.25, 0.3) is 0 Å². The maximum atomic E-state index is 12.8. The minimum absolute atomic E-state index is 0.240. The summed E-state index contributed by atoms with van der Waals surface area (Å²) in [5, 5.41) is 0. The minimum atomic E-state index is -3.81. The van der Waals surface area contributed by atoms with Gasteiger partial charge in [0.05, 0.1) is 0 Å². The van der Waals surface area contributed by atoms with E-state index >= 15 is 0 Å². The Bertz CT molecular complexity index is 1290. The quantitative estimate of drug-likeness (QED) is 0.411. The van der Waals surface area contributed by atoms with Crippen molar-refractivity contribution in [3.63, 3.8) is 0 Å². The summed E-state index contributed by atoms with van der Waals surface area (Å²) in [6.45, 7) is 12.3. The summed E-state index contributed by atoms with van der Waals surface area (Å²) in [7, 11) is -3.02. The van der Waals surface area contributed by atoms with Crippen LogP contribution in [0.3, 0.4) is 0 Å². The van der Waals surface area contributed by atoms with E-state index in [0.29, 0.717) is 8.63 Å². The Morgan fingerprint density at radius 3 is 1.84 bits per heavy atom. The number of carbonyl (C=O) groups excluding carboxylic acids is 1. The van der Waals surface area contributed by atoms with Gasteiger partial charge in [-0.15, -0.1) is 0 Å². The fourth-order valence-corrected chi connectivity index (χ4v) is 99.3. The number of carbonyl (C=O) groups is 1. The van der Waals surface area contributed by atoms with Crippen LogP contribution in [0.5, 0.6) is 0 Å². The fourth-order valence-electron chi connectivity index (χ4n) is 19.8. The molecule has 6 heteroatoms. The van der Waals surface area contributed by atoms with E-state index in [0.717, 1.165) is 46.9 Å². The Hall–Kier alpha value is 0.543. The maximum absolute atomic E-state index is 12.8. The molecule has 10 rings (SSSR count). The third-order valence-electron chi connectivity index (χ3n) is 17.3. The molecule has 0 aromatic carbocycles. The molecule has 0 bridgehead atoms. The van der Waals surface area contributed by atoms with Gasteiger partial charge < -0.3 is 0 Å². The summed E-state index contributed by atoms with van der Waals surface area (Å²) < 4.78 is 14.6. The molecule has 10 aliphatic rings. The standard InChI is InChI=1S/C10H15O2Si.C9H15OSi.Fe/c1-13(2,3)12-8-10-6-4-5-9(10)7-11;1-11(2,3)10-8-9-6-4-5-7-9;/h4-7H,8H2,1-3H3;4-7H,8H2,1-3H3;. The Morgan fingerprint density at radius 2 is 1.40 bits per heavy atom. The van der Waals surface area contributed by atoms with E-state index < -0.39 is 23.1 Å². The van der Waals surface area contributed by atoms with Gasteiger partial charge in [-0.05, 0) is 0 Å². The average Bonchev–Trinajstić information content (AvgIpc) is 3.43. The molecule has 10 saturated heterocycles. The van der Waals surface area contributed by atoms with Crippen molar-refractivity contribution in [2.75, 3.05) is 13.2 Å². The van der Waals surface area contributed by atoms with E-state index in [-0.39, 0.29) is 4.31 Å². The molecule has 0 aliphatic carbocycles. The predicted octanol–water partition coefficient (Wildman–Crippen LogP) is 5.39. The molecule has 0 aromatic heterocycles. The third kappa shape index (κ3) is 0.188. The van der Waals surface area contributed by atoms with E-state index in [1.807, 2.05) is 0 Å². The summed E-state index contributed by atoms with van der Waals surface area (Å²) in [4.78, 5) is 20.3. The second kappa shape index (κ2) is 1.32. The van der Waals surface area contributed by atoms with E-state index in [2.05, 4.69) is 39.3 Å². The predicted molar refractivity (Wildman–Crippen MR) is 99.0 cm³/mol. The summed E-state index contributed by atoms with van der Waals surface area (Å²) in [5.41, 5.74) is 0. The van der Waals surface area contributed by atoms with Gasteiger partial charge >= 0.3 is 142 Å². The SMILES string of the molecule is C[Si](C)(C)OC[C]12[CH]3[CH]4[CH]5[CH]1[Fe]45321678[CH]2[CH]1[C]6(C=O)[C]7(CO[Si](C)(C)C)[CH]28. The van der Waals surface area contributed by atoms with Crippen LogP contribution in [0.15, 0.2) is 0 Å². The first-order valence-electron chi connectivity index (χ1n) is 10.2. The number of fused-ring (bicyclic) bond motifs is 10. The van der Waals surface area contributed by atoms with Crippen LogP contribution in [0, 0.1) is 0 Å². The van der Waals surface area contributed by atoms with E-state index in [1.165, 1.54) is 0 Å². The van der Waals surface area contributed by atoms with Crippen LogP contribution >= 0.6 is 0 Å². The number of hydrogen-bond acceptors (Lipinski definition) is 3. The van der Waals surface area contributed by atoms with Crippen LogP contribution in [0.2, 0.25) is 85.9 Å². The van der Waals surface area contributed by atoms with Crippen molar-refractivity contribution in [1.82, 2.24) is 0 Å². The van der Waals surface area contributed by atoms with Gasteiger partial charge in [-0.3, -0.25) is 0 Å². The Kier molecular flexibility index (Phi) is 0.681. The molecule has 9 unspecified atom stereocenters. The van der Waals surface area contributed by atoms with Crippen molar-refractivity contribution in [2.24, 2.45) is 0 Å². The van der Waals surface area contributed by atoms with Crippen molar-refractivity contribution in [3.8, 4) is 0 Å². The van der Waals surface area contributed by atoms with Crippen molar-refractivity contribution in [3.05, 3.63) is 0 Å². The molecule has 0 N–H and O–H groups in total. The molecule has 9 atom stereocenters. The van der Waals surface area contributed by atoms with Crippen molar-refractivity contribution in [1.29, 1.82) is 0 Å². The first kappa shape index (κ1) is 12.9. The number of hydrogen-bond donors (Lipinski definition) is 0. The zero-order valence-electron chi connectivity index (χ0n) is 16.1. The van der Waals surface area contributed by atoms with Crippen molar-refractivity contribution < 1.29 is 20.2 Å². The summed E-state index contributed by atoms with van der Waals surface area (Å²) in [6, 6.07) is 0. The molecule has 0 aromatic rings. The molecular formula is C19H30FeO3Si2. The molecule has 10 heterocycles. The molecule has 1 spiro atoms. The average molecular weight is 418 g/mol. The summed E-state index contributed by atoms with van der Waals surface area (Å²) in [5.74, 6) is 0. The van der Waals surface area contributed by atoms with E-state index in [9.17, 15) is 4.79 Å². The van der Waals surface area contributed by atoms with Gasteiger partial charge in [0.2, 0.25) is 0 Å². The molecule has 3 nitrogen and oxygen atoms in total. The molecular weight excluding hydrogens is 388 g/mol. The summed E-state index contributed by atoms with van der Waals surface area (Å²) in [6.07, 6.45) is 1.59. The van der Waals surface area contributed by atoms with Crippen LogP contribution < -0.4 is 0 Å². The number of rotatable bonds is 7. The molecule has 25 heavy (non-hydrogen) atoms. The topological polar surface area (TPSA) is 35.5 Å². The molecule has 0 amide bonds. The zero-order chi connectivity index (χ0) is 17.4. The second-order valence-corrected chi connectivity index (χ2v) is 47.3. The monoisotopic (exact) mass is 418 g/mol. The van der Waals surface area contributed by atoms with Crippen LogP contribution in [-0.2, 0) is 20.2 Å². The van der Waals surface area contributed by atoms with E-state index in [4.69, 9.17) is 8.85 Å². The Morgan fingerprint density at radius 1 is 0.840 bits per heavy atom. The third-order valence-corrected chi connectivity index (χ3v) is 63.8. The van der Waals surface area contributed by atoms with Gasteiger partial charge in [0.15, 0.2) is 0 Å². The molecule has 0 saturated carbocycles. The van der Waals surface area contributed by atoms with Gasteiger partial charge in [0.1, 0.15) is 0 Å². The zero-order valence-corrected chi connectivity index (χ0v) is 19.2. The van der Waals surface area contributed by atoms with Gasteiger partial charge in [-0.1, -0.05) is 0 Å². The van der Waals surface area contributed by atoms with Crippen LogP contribution in [0.1, 0.15) is 0 Å². The summed E-state index contributed by atoms with van der Waals surface area (Å²) >= 11 is 0. The normalized spacial score (nSPS) is 92.2. The van der Waals surface area contributed by atoms with Crippen molar-refractivity contribution in [2.45, 2.75) is 85.9 Å². The van der Waals surface area contributed by atoms with Gasteiger partial charge in [-0.2, -0.15) is 0 Å². The molecule has 140 valence electrons. The fraction of sp³-hybridized carbons (Fsp3) is 0.947. The second-order valence-electron chi connectivity index (χ2n) is 15.1. The first-order chi connectivity index (χ1) is 11.3. The van der Waals surface area contributed by atoms with Gasteiger partial charge in [-0.25, -0.2) is 0 Å².